The highest BCUT2D eigenvalue weighted by Gasteiger charge is 2.46. The van der Waals surface area contributed by atoms with Crippen LogP contribution in [0.25, 0.3) is 0 Å². The van der Waals surface area contributed by atoms with Gasteiger partial charge in [-0.2, -0.15) is 0 Å². The lowest BCUT2D eigenvalue weighted by Gasteiger charge is -2.40. The van der Waals surface area contributed by atoms with Gasteiger partial charge in [0.1, 0.15) is 23.6 Å². The van der Waals surface area contributed by atoms with Gasteiger partial charge in [0.05, 0.1) is 79.0 Å². The van der Waals surface area contributed by atoms with Crippen LogP contribution in [0.5, 0.6) is 40.2 Å². The first kappa shape index (κ1) is 66.1. The maximum absolute atomic E-state index is 14.4. The summed E-state index contributed by atoms with van der Waals surface area (Å²) in [6.45, 7) is 4.36. The van der Waals surface area contributed by atoms with Crippen molar-refractivity contribution in [2.45, 2.75) is 95.1 Å². The van der Waals surface area contributed by atoms with Crippen LogP contribution in [0.4, 0.5) is 0 Å². The number of aliphatic carboxylic acids is 1. The van der Waals surface area contributed by atoms with Crippen molar-refractivity contribution in [3.63, 3.8) is 0 Å². The number of aryl methyl sites for hydroxylation is 2. The number of carbonyl (C=O) groups excluding carboxylic acids is 7. The molecular formula is C63H79N5O19. The fourth-order valence-corrected chi connectivity index (χ4v) is 11.1. The van der Waals surface area contributed by atoms with Crippen molar-refractivity contribution in [3.8, 4) is 40.2 Å². The molecule has 2 saturated heterocycles. The number of ether oxygens (including phenoxy) is 10. The van der Waals surface area contributed by atoms with E-state index in [9.17, 15) is 43.5 Å². The average molecular weight is 1210 g/mol. The van der Waals surface area contributed by atoms with E-state index in [1.54, 1.807) is 26.4 Å². The number of hydrogen-bond donors (Lipinski definition) is 4. The summed E-state index contributed by atoms with van der Waals surface area (Å²) in [4.78, 5) is 105. The van der Waals surface area contributed by atoms with Crippen LogP contribution in [0.3, 0.4) is 0 Å². The topological polar surface area (TPSA) is 292 Å². The molecule has 3 heterocycles. The third-order valence-corrected chi connectivity index (χ3v) is 15.4. The molecule has 7 amide bonds. The molecule has 3 aliphatic heterocycles. The standard InChI is InChI=1S/C63H79N5O19/c1-7-43(42-35-50(79-3)57(81-5)51(36-42)80-4)60(73)67-27-24-41(34-46(67)63(76)77)55-40(20-22-49(78-2)58(55)82-6)16-10-15-39-14-8-9-18-47(39)86-37-53(70)64-25-12-28-83-30-32-85-33-31-84-29-13-26-65-54(71)38-87-48-19-11-17-44-56(48)62(75)68(61(44)74)45-21-23-52(69)66-59(45)72/h8-9,11,14,17-20,22,35-36,41,43,45-46H,7,10,12-13,15-16,21,23-34,37-38H2,1-6H3,(H,64,70)(H,65,71)(H,76,77)(H,66,69,72)/t41?,43-,45?,46-/m0/s1. The van der Waals surface area contributed by atoms with Crippen molar-refractivity contribution in [2.75, 3.05) is 108 Å². The normalized spacial score (nSPS) is 16.8. The Morgan fingerprint density at radius 3 is 1.84 bits per heavy atom. The quantitative estimate of drug-likeness (QED) is 0.0341. The summed E-state index contributed by atoms with van der Waals surface area (Å²) >= 11 is 0. The van der Waals surface area contributed by atoms with E-state index in [2.05, 4.69) is 16.0 Å². The van der Waals surface area contributed by atoms with E-state index in [1.807, 2.05) is 43.3 Å². The summed E-state index contributed by atoms with van der Waals surface area (Å²) in [5.41, 5.74) is 3.40. The zero-order chi connectivity index (χ0) is 62.4. The second-order valence-electron chi connectivity index (χ2n) is 20.8. The van der Waals surface area contributed by atoms with Gasteiger partial charge in [0.2, 0.25) is 23.5 Å². The van der Waals surface area contributed by atoms with Crippen LogP contribution >= 0.6 is 0 Å². The third-order valence-electron chi connectivity index (χ3n) is 15.4. The molecule has 4 N–H and O–H groups in total. The number of amides is 7. The van der Waals surface area contributed by atoms with Crippen LogP contribution in [-0.4, -0.2) is 182 Å². The van der Waals surface area contributed by atoms with E-state index in [1.165, 1.54) is 44.4 Å². The Balaban J connectivity index is 0.757. The second-order valence-corrected chi connectivity index (χ2v) is 20.8. The molecule has 24 heteroatoms. The minimum Gasteiger partial charge on any atom is -0.493 e. The maximum atomic E-state index is 14.4. The fourth-order valence-electron chi connectivity index (χ4n) is 11.1. The Hall–Kier alpha value is -8.48. The first-order chi connectivity index (χ1) is 42.2. The van der Waals surface area contributed by atoms with E-state index in [0.717, 1.165) is 21.6 Å². The number of piperidine rings is 2. The first-order valence-electron chi connectivity index (χ1n) is 29.2. The van der Waals surface area contributed by atoms with Crippen LogP contribution in [-0.2, 0) is 55.8 Å². The highest BCUT2D eigenvalue weighted by molar-refractivity contribution is 6.24. The molecule has 0 aromatic heterocycles. The van der Waals surface area contributed by atoms with Crippen LogP contribution in [0.15, 0.2) is 66.7 Å². The zero-order valence-electron chi connectivity index (χ0n) is 50.2. The lowest BCUT2D eigenvalue weighted by Crippen LogP contribution is -2.54. The number of carbonyl (C=O) groups is 8. The van der Waals surface area contributed by atoms with Gasteiger partial charge in [-0.3, -0.25) is 43.8 Å². The minimum absolute atomic E-state index is 0.00440. The number of likely N-dealkylation sites (tertiary alicyclic amines) is 1. The number of para-hydroxylation sites is 1. The smallest absolute Gasteiger partial charge is 0.326 e. The number of hydrogen-bond acceptors (Lipinski definition) is 18. The number of benzene rings is 4. The summed E-state index contributed by atoms with van der Waals surface area (Å²) in [7, 11) is 7.63. The van der Waals surface area contributed by atoms with Crippen molar-refractivity contribution in [1.29, 1.82) is 0 Å². The molecule has 470 valence electrons. The Labute approximate surface area is 505 Å². The van der Waals surface area contributed by atoms with Gasteiger partial charge in [0.25, 0.3) is 23.6 Å². The summed E-state index contributed by atoms with van der Waals surface area (Å²) in [5, 5.41) is 18.4. The second kappa shape index (κ2) is 32.9. The number of imide groups is 2. The number of methoxy groups -OCH3 is 5. The third kappa shape index (κ3) is 16.9. The molecule has 24 nitrogen and oxygen atoms in total. The molecule has 7 rings (SSSR count). The number of carboxylic acids is 1. The number of nitrogens with one attached hydrogen (secondary N) is 3. The van der Waals surface area contributed by atoms with Crippen molar-refractivity contribution in [3.05, 3.63) is 100 Å². The van der Waals surface area contributed by atoms with E-state index in [0.29, 0.717) is 138 Å². The monoisotopic (exact) mass is 1210 g/mol. The highest BCUT2D eigenvalue weighted by Crippen LogP contribution is 2.46. The lowest BCUT2D eigenvalue weighted by molar-refractivity contribution is -0.153. The Bertz CT molecular complexity index is 3060. The largest absolute Gasteiger partial charge is 0.493 e. The van der Waals surface area contributed by atoms with Gasteiger partial charge in [0.15, 0.2) is 36.2 Å². The summed E-state index contributed by atoms with van der Waals surface area (Å²) in [6.07, 6.45) is 4.11. The van der Waals surface area contributed by atoms with Gasteiger partial charge >= 0.3 is 5.97 Å². The van der Waals surface area contributed by atoms with Crippen LogP contribution in [0.2, 0.25) is 0 Å². The van der Waals surface area contributed by atoms with E-state index < -0.39 is 60.1 Å². The van der Waals surface area contributed by atoms with Gasteiger partial charge in [0, 0.05) is 44.8 Å². The molecule has 0 aliphatic carbocycles. The fraction of sp³-hybridized carbons (Fsp3) is 0.492. The van der Waals surface area contributed by atoms with E-state index in [4.69, 9.17) is 47.4 Å². The van der Waals surface area contributed by atoms with E-state index in [-0.39, 0.29) is 67.0 Å². The number of fused-ring (bicyclic) bond motifs is 1. The molecule has 0 spiro atoms. The number of carboxylic acid groups (broad SMARTS) is 1. The predicted molar refractivity (Wildman–Crippen MR) is 314 cm³/mol. The molecule has 4 atom stereocenters. The Morgan fingerprint density at radius 2 is 1.24 bits per heavy atom. The number of nitrogens with zero attached hydrogens (tertiary/aromatic N) is 2. The first-order valence-corrected chi connectivity index (χ1v) is 29.2. The van der Waals surface area contributed by atoms with Crippen LogP contribution in [0.1, 0.15) is 113 Å². The molecule has 87 heavy (non-hydrogen) atoms. The molecule has 0 bridgehead atoms. The SMILES string of the molecule is CC[C@H](C(=O)N1CCC(c2c(CCCc3ccccc3OCC(=O)NCCCOCCOCCOCCCNC(=O)COc3cccc4c3C(=O)N(C3CCC(=O)NC3=O)C4=O)ccc(OC)c2OC)C[C@H]1C(=O)O)c1cc(OC)c(OC)c(OC)c1. The maximum Gasteiger partial charge on any atom is 0.326 e. The van der Waals surface area contributed by atoms with Crippen molar-refractivity contribution < 1.29 is 90.8 Å². The molecule has 2 fully saturated rings. The van der Waals surface area contributed by atoms with Gasteiger partial charge in [-0.05, 0) is 117 Å². The molecular weight excluding hydrogens is 1130 g/mol. The molecule has 4 aromatic carbocycles. The van der Waals surface area contributed by atoms with Crippen molar-refractivity contribution in [2.24, 2.45) is 0 Å². The van der Waals surface area contributed by atoms with Gasteiger partial charge < -0.3 is 68.0 Å². The summed E-state index contributed by atoms with van der Waals surface area (Å²) in [5.74, 6) is -2.76. The summed E-state index contributed by atoms with van der Waals surface area (Å²) < 4.78 is 56.7. The van der Waals surface area contributed by atoms with Crippen LogP contribution in [0, 0.1) is 0 Å². The molecule has 0 radical (unpaired) electrons. The zero-order valence-corrected chi connectivity index (χ0v) is 50.2. The van der Waals surface area contributed by atoms with Gasteiger partial charge in [-0.1, -0.05) is 37.3 Å². The number of rotatable bonds is 35. The summed E-state index contributed by atoms with van der Waals surface area (Å²) in [6, 6.07) is 17.1. The van der Waals surface area contributed by atoms with Gasteiger partial charge in [-0.25, -0.2) is 4.79 Å². The van der Waals surface area contributed by atoms with Crippen molar-refractivity contribution in [1.82, 2.24) is 25.8 Å². The van der Waals surface area contributed by atoms with Gasteiger partial charge in [-0.15, -0.1) is 0 Å². The average Bonchev–Trinajstić information content (AvgIpc) is 2.20. The molecule has 0 saturated carbocycles. The van der Waals surface area contributed by atoms with Crippen molar-refractivity contribution >= 4 is 47.3 Å². The molecule has 4 aromatic rings. The predicted octanol–water partition coefficient (Wildman–Crippen LogP) is 5.18. The Morgan fingerprint density at radius 1 is 0.644 bits per heavy atom. The van der Waals surface area contributed by atoms with E-state index >= 15 is 0 Å². The Kier molecular flexibility index (Phi) is 25.0. The minimum atomic E-state index is -1.12. The lowest BCUT2D eigenvalue weighted by atomic mass is 9.80. The molecule has 3 aliphatic rings. The highest BCUT2D eigenvalue weighted by atomic mass is 16.5. The van der Waals surface area contributed by atoms with Crippen LogP contribution < -0.4 is 49.1 Å². The molecule has 2 unspecified atom stereocenters.